The molecule has 0 heterocycles. The summed E-state index contributed by atoms with van der Waals surface area (Å²) in [6.07, 6.45) is 15.4. The lowest BCUT2D eigenvalue weighted by molar-refractivity contribution is 0.0591. The molecule has 3 saturated carbocycles. The van der Waals surface area contributed by atoms with Gasteiger partial charge in [0.25, 0.3) is 0 Å². The Kier molecular flexibility index (Phi) is 7.34. The van der Waals surface area contributed by atoms with E-state index >= 15 is 0 Å². The summed E-state index contributed by atoms with van der Waals surface area (Å²) in [5.74, 6) is 2.19. The molecule has 166 valence electrons. The zero-order chi connectivity index (χ0) is 21.2. The number of aliphatic hydroxyl groups excluding tert-OH is 2. The molecule has 3 aliphatic carbocycles. The van der Waals surface area contributed by atoms with Crippen molar-refractivity contribution in [1.29, 1.82) is 0 Å². The molecule has 0 aromatic heterocycles. The van der Waals surface area contributed by atoms with E-state index in [1.807, 2.05) is 13.8 Å². The first kappa shape index (κ1) is 23.0. The summed E-state index contributed by atoms with van der Waals surface area (Å²) in [4.78, 5) is 0. The van der Waals surface area contributed by atoms with Crippen LogP contribution >= 0.6 is 0 Å². The second-order valence-corrected chi connectivity index (χ2v) is 11.3. The van der Waals surface area contributed by atoms with Gasteiger partial charge in [-0.25, -0.2) is 0 Å². The van der Waals surface area contributed by atoms with Gasteiger partial charge in [0, 0.05) is 0 Å². The highest BCUT2D eigenvalue weighted by atomic mass is 16.3. The van der Waals surface area contributed by atoms with Gasteiger partial charge in [-0.2, -0.15) is 0 Å². The average Bonchev–Trinajstić information content (AvgIpc) is 2.95. The molecule has 0 spiro atoms. The van der Waals surface area contributed by atoms with Gasteiger partial charge in [-0.05, 0) is 94.8 Å². The smallest absolute Gasteiger partial charge is 0.0602 e. The van der Waals surface area contributed by atoms with E-state index < -0.39 is 5.60 Å². The van der Waals surface area contributed by atoms with Crippen molar-refractivity contribution < 1.29 is 15.3 Å². The molecule has 0 radical (unpaired) electrons. The van der Waals surface area contributed by atoms with Crippen molar-refractivity contribution in [2.24, 2.45) is 23.2 Å². The molecule has 0 bridgehead atoms. The average molecular weight is 405 g/mol. The summed E-state index contributed by atoms with van der Waals surface area (Å²) in [5, 5.41) is 29.9. The number of hydrogen-bond acceptors (Lipinski definition) is 3. The van der Waals surface area contributed by atoms with Crippen LogP contribution in [0.4, 0.5) is 0 Å². The van der Waals surface area contributed by atoms with E-state index in [1.54, 1.807) is 5.57 Å². The van der Waals surface area contributed by atoms with E-state index in [0.717, 1.165) is 18.8 Å². The number of fused-ring (bicyclic) bond motifs is 1. The summed E-state index contributed by atoms with van der Waals surface area (Å²) in [6.45, 7) is 8.81. The Morgan fingerprint density at radius 3 is 2.48 bits per heavy atom. The van der Waals surface area contributed by atoms with Crippen LogP contribution in [0.1, 0.15) is 98.3 Å². The third-order valence-electron chi connectivity index (χ3n) is 8.25. The first-order valence-electron chi connectivity index (χ1n) is 12.1. The first-order valence-corrected chi connectivity index (χ1v) is 12.1. The van der Waals surface area contributed by atoms with Crippen molar-refractivity contribution in [2.45, 2.75) is 116 Å². The standard InChI is InChI=1S/C26H44O3/c1-18(7-5-13-25(2,3)29)23-11-12-24-20(8-6-14-26(23,24)4)10-9-19-15-21(27)17-22(28)16-19/h9-10,18,21-24,27-29H,5-8,11-17H2,1-4H3/b20-10+/t18-,21-,22-,23?,24?,26-/m1/s1. The Labute approximate surface area is 178 Å². The van der Waals surface area contributed by atoms with Gasteiger partial charge in [-0.15, -0.1) is 0 Å². The molecule has 29 heavy (non-hydrogen) atoms. The van der Waals surface area contributed by atoms with Crippen LogP contribution in [0.15, 0.2) is 23.3 Å². The fourth-order valence-corrected chi connectivity index (χ4v) is 6.80. The van der Waals surface area contributed by atoms with E-state index in [2.05, 4.69) is 26.0 Å². The van der Waals surface area contributed by atoms with Crippen molar-refractivity contribution in [3.63, 3.8) is 0 Å². The van der Waals surface area contributed by atoms with Crippen LogP contribution in [0.3, 0.4) is 0 Å². The highest BCUT2D eigenvalue weighted by Crippen LogP contribution is 2.59. The topological polar surface area (TPSA) is 60.7 Å². The van der Waals surface area contributed by atoms with E-state index in [4.69, 9.17) is 0 Å². The van der Waals surface area contributed by atoms with Crippen molar-refractivity contribution >= 4 is 0 Å². The molecule has 3 nitrogen and oxygen atoms in total. The normalized spacial score (nSPS) is 38.2. The molecule has 6 atom stereocenters. The van der Waals surface area contributed by atoms with Crippen LogP contribution in [0.25, 0.3) is 0 Å². The molecule has 3 fully saturated rings. The number of allylic oxidation sites excluding steroid dienone is 3. The lowest BCUT2D eigenvalue weighted by atomic mass is 9.60. The molecular weight excluding hydrogens is 360 g/mol. The van der Waals surface area contributed by atoms with Gasteiger partial charge in [0.2, 0.25) is 0 Å². The minimum atomic E-state index is -0.545. The summed E-state index contributed by atoms with van der Waals surface area (Å²) in [7, 11) is 0. The van der Waals surface area contributed by atoms with Crippen LogP contribution in [0, 0.1) is 23.2 Å². The van der Waals surface area contributed by atoms with Crippen molar-refractivity contribution in [1.82, 2.24) is 0 Å². The zero-order valence-corrected chi connectivity index (χ0v) is 19.2. The molecule has 0 saturated heterocycles. The van der Waals surface area contributed by atoms with Crippen LogP contribution < -0.4 is 0 Å². The Morgan fingerprint density at radius 2 is 1.83 bits per heavy atom. The molecule has 2 unspecified atom stereocenters. The maximum Gasteiger partial charge on any atom is 0.0602 e. The Bertz CT molecular complexity index is 602. The third kappa shape index (κ3) is 5.74. The van der Waals surface area contributed by atoms with E-state index in [-0.39, 0.29) is 12.2 Å². The molecule has 0 aliphatic heterocycles. The van der Waals surface area contributed by atoms with Crippen molar-refractivity contribution in [3.05, 3.63) is 23.3 Å². The van der Waals surface area contributed by atoms with Gasteiger partial charge in [-0.3, -0.25) is 0 Å². The minimum absolute atomic E-state index is 0.388. The molecule has 3 rings (SSSR count). The van der Waals surface area contributed by atoms with E-state index in [1.165, 1.54) is 44.1 Å². The highest BCUT2D eigenvalue weighted by molar-refractivity contribution is 5.26. The third-order valence-corrected chi connectivity index (χ3v) is 8.25. The van der Waals surface area contributed by atoms with Crippen LogP contribution in [-0.2, 0) is 0 Å². The Hall–Kier alpha value is -0.640. The predicted molar refractivity (Wildman–Crippen MR) is 120 cm³/mol. The molecule has 0 amide bonds. The fraction of sp³-hybridized carbons (Fsp3) is 0.846. The summed E-state index contributed by atoms with van der Waals surface area (Å²) >= 11 is 0. The van der Waals surface area contributed by atoms with Crippen molar-refractivity contribution in [2.75, 3.05) is 0 Å². The Morgan fingerprint density at radius 1 is 1.14 bits per heavy atom. The predicted octanol–water partition coefficient (Wildman–Crippen LogP) is 5.54. The van der Waals surface area contributed by atoms with Gasteiger partial charge < -0.3 is 15.3 Å². The summed E-state index contributed by atoms with van der Waals surface area (Å²) in [5.41, 5.74) is 2.66. The van der Waals surface area contributed by atoms with Crippen LogP contribution in [-0.4, -0.2) is 33.1 Å². The lowest BCUT2D eigenvalue weighted by Crippen LogP contribution is -2.36. The first-order chi connectivity index (χ1) is 13.6. The van der Waals surface area contributed by atoms with Gasteiger partial charge in [0.1, 0.15) is 0 Å². The number of hydrogen-bond donors (Lipinski definition) is 3. The summed E-state index contributed by atoms with van der Waals surface area (Å²) in [6, 6.07) is 0. The second kappa shape index (κ2) is 9.24. The monoisotopic (exact) mass is 404 g/mol. The molecule has 3 heteroatoms. The van der Waals surface area contributed by atoms with E-state index in [9.17, 15) is 15.3 Å². The van der Waals surface area contributed by atoms with E-state index in [0.29, 0.717) is 36.5 Å². The van der Waals surface area contributed by atoms with Gasteiger partial charge in [-0.1, -0.05) is 50.0 Å². The Balaban J connectivity index is 1.66. The number of rotatable bonds is 6. The highest BCUT2D eigenvalue weighted by Gasteiger charge is 2.50. The minimum Gasteiger partial charge on any atom is -0.393 e. The molecular formula is C26H44O3. The van der Waals surface area contributed by atoms with Gasteiger partial charge in [0.05, 0.1) is 17.8 Å². The maximum atomic E-state index is 10.0. The SMILES string of the molecule is C[C@H](CCCC(C)(C)O)C1CCC2/C(=C/C=C3C[C@@H](O)C[C@H](O)C3)CCC[C@@]21C. The molecule has 0 aromatic carbocycles. The number of aliphatic hydroxyl groups is 3. The molecule has 3 N–H and O–H groups in total. The van der Waals surface area contributed by atoms with Gasteiger partial charge in [0.15, 0.2) is 0 Å². The van der Waals surface area contributed by atoms with Crippen LogP contribution in [0.2, 0.25) is 0 Å². The fourth-order valence-electron chi connectivity index (χ4n) is 6.80. The van der Waals surface area contributed by atoms with Crippen molar-refractivity contribution in [3.8, 4) is 0 Å². The zero-order valence-electron chi connectivity index (χ0n) is 19.2. The largest absolute Gasteiger partial charge is 0.393 e. The lowest BCUT2D eigenvalue weighted by Gasteiger charge is -2.44. The van der Waals surface area contributed by atoms with Gasteiger partial charge >= 0.3 is 0 Å². The molecule has 0 aromatic rings. The van der Waals surface area contributed by atoms with Crippen LogP contribution in [0.5, 0.6) is 0 Å². The summed E-state index contributed by atoms with van der Waals surface area (Å²) < 4.78 is 0. The maximum absolute atomic E-state index is 10.0. The molecule has 3 aliphatic rings. The quantitative estimate of drug-likeness (QED) is 0.545. The second-order valence-electron chi connectivity index (χ2n) is 11.3.